The fourth-order valence-electron chi connectivity index (χ4n) is 2.36. The molecule has 3 rings (SSSR count). The van der Waals surface area contributed by atoms with Crippen molar-refractivity contribution in [3.8, 4) is 6.07 Å². The second-order valence-corrected chi connectivity index (χ2v) is 5.83. The summed E-state index contributed by atoms with van der Waals surface area (Å²) in [6.45, 7) is 0.631. The lowest BCUT2D eigenvalue weighted by Gasteiger charge is -2.00. The Hall–Kier alpha value is -2.91. The summed E-state index contributed by atoms with van der Waals surface area (Å²) in [5, 5.41) is 15.7. The minimum atomic E-state index is -0.218. The van der Waals surface area contributed by atoms with Gasteiger partial charge in [0.1, 0.15) is 0 Å². The molecule has 5 nitrogen and oxygen atoms in total. The van der Waals surface area contributed by atoms with Gasteiger partial charge in [0.15, 0.2) is 0 Å². The number of aryl methyl sites for hydroxylation is 1. The van der Waals surface area contributed by atoms with Crippen LogP contribution in [0.4, 0.5) is 0 Å². The van der Waals surface area contributed by atoms with E-state index in [1.165, 1.54) is 11.3 Å². The normalized spacial score (nSPS) is 10.9. The van der Waals surface area contributed by atoms with Gasteiger partial charge in [0.25, 0.3) is 5.91 Å². The second-order valence-electron chi connectivity index (χ2n) is 4.88. The minimum absolute atomic E-state index is 0.218. The molecule has 0 aliphatic rings. The van der Waals surface area contributed by atoms with Crippen molar-refractivity contribution in [1.29, 1.82) is 5.26 Å². The molecule has 2 aromatic heterocycles. The first kappa shape index (κ1) is 15.0. The summed E-state index contributed by atoms with van der Waals surface area (Å²) in [5.74, 6) is -0.218. The van der Waals surface area contributed by atoms with Crippen molar-refractivity contribution in [2.24, 2.45) is 5.10 Å². The van der Waals surface area contributed by atoms with E-state index in [0.717, 1.165) is 16.5 Å². The largest absolute Gasteiger partial charge is 0.346 e. The highest BCUT2D eigenvalue weighted by Crippen LogP contribution is 2.20. The van der Waals surface area contributed by atoms with E-state index < -0.39 is 0 Å². The standard InChI is InChI=1S/C17H14N4OS/c18-8-4-9-21-12-13(14-5-1-2-6-15(14)21)11-19-20-17(22)16-7-3-10-23-16/h1-3,5-7,10-12H,4,9H2,(H,20,22)/b19-11-. The highest BCUT2D eigenvalue weighted by molar-refractivity contribution is 7.12. The summed E-state index contributed by atoms with van der Waals surface area (Å²) in [6.07, 6.45) is 4.03. The number of aromatic nitrogens is 1. The summed E-state index contributed by atoms with van der Waals surface area (Å²) in [6, 6.07) is 13.7. The van der Waals surface area contributed by atoms with E-state index in [1.807, 2.05) is 46.5 Å². The van der Waals surface area contributed by atoms with Crippen LogP contribution in [0.3, 0.4) is 0 Å². The van der Waals surface area contributed by atoms with Crippen LogP contribution in [0, 0.1) is 11.3 Å². The van der Waals surface area contributed by atoms with Gasteiger partial charge in [-0.2, -0.15) is 10.4 Å². The number of rotatable bonds is 5. The lowest BCUT2D eigenvalue weighted by Crippen LogP contribution is -2.16. The van der Waals surface area contributed by atoms with Crippen molar-refractivity contribution in [3.63, 3.8) is 0 Å². The lowest BCUT2D eigenvalue weighted by molar-refractivity contribution is 0.0959. The Labute approximate surface area is 137 Å². The Balaban J connectivity index is 1.81. The molecule has 23 heavy (non-hydrogen) atoms. The highest BCUT2D eigenvalue weighted by atomic mass is 32.1. The van der Waals surface area contributed by atoms with Crippen LogP contribution in [0.5, 0.6) is 0 Å². The SMILES string of the molecule is N#CCCn1cc(/C=N\NC(=O)c2cccs2)c2ccccc21. The Morgan fingerprint density at radius 1 is 1.35 bits per heavy atom. The van der Waals surface area contributed by atoms with Gasteiger partial charge in [0.05, 0.1) is 23.6 Å². The summed E-state index contributed by atoms with van der Waals surface area (Å²) < 4.78 is 2.03. The molecule has 3 aromatic rings. The quantitative estimate of drug-likeness (QED) is 0.578. The molecule has 1 aromatic carbocycles. The third-order valence-electron chi connectivity index (χ3n) is 3.40. The van der Waals surface area contributed by atoms with Crippen LogP contribution < -0.4 is 5.43 Å². The van der Waals surface area contributed by atoms with Gasteiger partial charge in [-0.05, 0) is 17.5 Å². The monoisotopic (exact) mass is 322 g/mol. The molecule has 114 valence electrons. The molecule has 0 saturated carbocycles. The molecule has 0 atom stereocenters. The van der Waals surface area contributed by atoms with Crippen LogP contribution in [0.15, 0.2) is 53.1 Å². The maximum absolute atomic E-state index is 11.9. The van der Waals surface area contributed by atoms with Crippen molar-refractivity contribution >= 4 is 34.4 Å². The molecule has 0 spiro atoms. The molecule has 0 fully saturated rings. The summed E-state index contributed by atoms with van der Waals surface area (Å²) >= 11 is 1.37. The maximum atomic E-state index is 11.9. The van der Waals surface area contributed by atoms with Gasteiger partial charge in [0.2, 0.25) is 0 Å². The molecule has 0 bridgehead atoms. The van der Waals surface area contributed by atoms with E-state index in [9.17, 15) is 4.79 Å². The van der Waals surface area contributed by atoms with Crippen molar-refractivity contribution in [2.75, 3.05) is 0 Å². The molecular weight excluding hydrogens is 308 g/mol. The second kappa shape index (κ2) is 6.90. The number of amides is 1. The number of nitrogens with one attached hydrogen (secondary N) is 1. The third-order valence-corrected chi connectivity index (χ3v) is 4.27. The van der Waals surface area contributed by atoms with E-state index in [2.05, 4.69) is 16.6 Å². The van der Waals surface area contributed by atoms with Gasteiger partial charge in [-0.15, -0.1) is 11.3 Å². The van der Waals surface area contributed by atoms with Crippen LogP contribution in [0.25, 0.3) is 10.9 Å². The number of thiophene rings is 1. The first-order valence-electron chi connectivity index (χ1n) is 7.11. The van der Waals surface area contributed by atoms with Crippen molar-refractivity contribution in [3.05, 3.63) is 58.4 Å². The number of benzene rings is 1. The Morgan fingerprint density at radius 3 is 3.00 bits per heavy atom. The van der Waals surface area contributed by atoms with Crippen LogP contribution in [-0.4, -0.2) is 16.7 Å². The number of hydrazone groups is 1. The van der Waals surface area contributed by atoms with Crippen LogP contribution in [0.1, 0.15) is 21.7 Å². The van der Waals surface area contributed by atoms with Crippen molar-refractivity contribution in [1.82, 2.24) is 9.99 Å². The molecule has 0 unspecified atom stereocenters. The predicted molar refractivity (Wildman–Crippen MR) is 91.5 cm³/mol. The maximum Gasteiger partial charge on any atom is 0.281 e. The van der Waals surface area contributed by atoms with E-state index in [-0.39, 0.29) is 5.91 Å². The lowest BCUT2D eigenvalue weighted by atomic mass is 10.2. The first-order chi connectivity index (χ1) is 11.3. The zero-order valence-electron chi connectivity index (χ0n) is 12.3. The topological polar surface area (TPSA) is 70.2 Å². The first-order valence-corrected chi connectivity index (χ1v) is 7.99. The van der Waals surface area contributed by atoms with E-state index >= 15 is 0 Å². The van der Waals surface area contributed by atoms with E-state index in [0.29, 0.717) is 17.8 Å². The fourth-order valence-corrected chi connectivity index (χ4v) is 2.97. The van der Waals surface area contributed by atoms with Crippen LogP contribution in [0.2, 0.25) is 0 Å². The molecule has 0 saturated heterocycles. The minimum Gasteiger partial charge on any atom is -0.346 e. The molecule has 0 aliphatic carbocycles. The summed E-state index contributed by atoms with van der Waals surface area (Å²) in [4.78, 5) is 12.5. The molecule has 1 N–H and O–H groups in total. The van der Waals surface area contributed by atoms with Crippen molar-refractivity contribution in [2.45, 2.75) is 13.0 Å². The van der Waals surface area contributed by atoms with Gasteiger partial charge in [-0.25, -0.2) is 5.43 Å². The van der Waals surface area contributed by atoms with Gasteiger partial charge in [-0.3, -0.25) is 4.79 Å². The zero-order chi connectivity index (χ0) is 16.1. The summed E-state index contributed by atoms with van der Waals surface area (Å²) in [5.41, 5.74) is 4.49. The van der Waals surface area contributed by atoms with E-state index in [4.69, 9.17) is 5.26 Å². The Bertz CT molecular complexity index is 887. The average molecular weight is 322 g/mol. The number of nitriles is 1. The number of hydrogen-bond donors (Lipinski definition) is 1. The number of fused-ring (bicyclic) bond motifs is 1. The average Bonchev–Trinajstić information content (AvgIpc) is 3.22. The van der Waals surface area contributed by atoms with Gasteiger partial charge < -0.3 is 4.57 Å². The molecule has 0 aliphatic heterocycles. The Morgan fingerprint density at radius 2 is 2.22 bits per heavy atom. The number of carbonyl (C=O) groups is 1. The number of para-hydroxylation sites is 1. The van der Waals surface area contributed by atoms with E-state index in [1.54, 1.807) is 12.3 Å². The van der Waals surface area contributed by atoms with Gasteiger partial charge >= 0.3 is 0 Å². The number of carbonyl (C=O) groups excluding carboxylic acids is 1. The smallest absolute Gasteiger partial charge is 0.281 e. The number of nitrogens with zero attached hydrogens (tertiary/aromatic N) is 3. The molecule has 2 heterocycles. The number of hydrogen-bond acceptors (Lipinski definition) is 4. The Kier molecular flexibility index (Phi) is 4.50. The van der Waals surface area contributed by atoms with Crippen molar-refractivity contribution < 1.29 is 4.79 Å². The predicted octanol–water partition coefficient (Wildman–Crippen LogP) is 3.38. The van der Waals surface area contributed by atoms with Crippen LogP contribution >= 0.6 is 11.3 Å². The molecule has 6 heteroatoms. The summed E-state index contributed by atoms with van der Waals surface area (Å²) in [7, 11) is 0. The molecule has 1 amide bonds. The van der Waals surface area contributed by atoms with Crippen LogP contribution in [-0.2, 0) is 6.54 Å². The third kappa shape index (κ3) is 3.30. The highest BCUT2D eigenvalue weighted by Gasteiger charge is 2.07. The fraction of sp³-hybridized carbons (Fsp3) is 0.118. The van der Waals surface area contributed by atoms with Gasteiger partial charge in [0, 0.05) is 29.2 Å². The molecule has 0 radical (unpaired) electrons. The molecular formula is C17H14N4OS. The zero-order valence-corrected chi connectivity index (χ0v) is 13.1. The van der Waals surface area contributed by atoms with Gasteiger partial charge in [-0.1, -0.05) is 24.3 Å².